The van der Waals surface area contributed by atoms with E-state index in [-0.39, 0.29) is 159 Å². The van der Waals surface area contributed by atoms with Crippen molar-refractivity contribution in [2.24, 2.45) is 28.3 Å². The van der Waals surface area contributed by atoms with Crippen molar-refractivity contribution in [1.82, 2.24) is 63.8 Å². The second-order valence-corrected chi connectivity index (χ2v) is 39.3. The number of nitrogens with one attached hydrogen (secondary N) is 12. The molecule has 7 rings (SSSR count). The summed E-state index contributed by atoms with van der Waals surface area (Å²) in [6, 6.07) is 25.6. The number of nitrogens with zero attached hydrogens (tertiary/aromatic N) is 1. The third kappa shape index (κ3) is 62.7. The molecule has 0 aromatic heterocycles. The SMILES string of the molecule is C.C.C.C.C.CCCC[C@H](NC)C(C)=O.CNC(C)(C)C(C)=O.CNC1(C(C)=O)CC1.CNC1(C(C)=O)CCCC1.CNC1(C(C)=O)CCCCC1.CN[C@@H](CCC(C)C)C(C)=O.CN[C@@H](CCc1ccc(O)cc1)C(C)=O.CN[C@@](C)(CC(C)C)C(C)=O.CN[C@@](C)(CC1=CCc2ccccc21)C(C)=O.CN[C@@](C)(CCCN=C(N)N)C(C)=O.CN[C@@](C)(CO)C(C)=O.CN[C@@](C)(Cc1ccccc1)C(C)=O. The number of benzene rings is 3. The van der Waals surface area contributed by atoms with Gasteiger partial charge in [0.2, 0.25) is 0 Å². The molecule has 0 bridgehead atoms. The second kappa shape index (κ2) is 81.1. The summed E-state index contributed by atoms with van der Waals surface area (Å²) in [4.78, 5) is 137. The maximum absolute atomic E-state index is 11.7. The summed E-state index contributed by atoms with van der Waals surface area (Å²) in [6.07, 6.45) is 26.3. The Morgan fingerprint density at radius 3 is 1.04 bits per heavy atom. The molecule has 0 radical (unpaired) electrons. The highest BCUT2D eigenvalue weighted by Gasteiger charge is 2.46. The predicted octanol–water partition coefficient (Wildman–Crippen LogP) is 16.3. The highest BCUT2D eigenvalue weighted by Crippen LogP contribution is 2.36. The molecule has 3 aromatic rings. The number of aliphatic hydroxyl groups is 1. The van der Waals surface area contributed by atoms with Crippen molar-refractivity contribution in [1.29, 1.82) is 0 Å². The fourth-order valence-electron chi connectivity index (χ4n) is 14.7. The molecule has 3 saturated carbocycles. The Labute approximate surface area is 872 Å². The van der Waals surface area contributed by atoms with Crippen LogP contribution in [0, 0.1) is 11.8 Å². The van der Waals surface area contributed by atoms with Crippen molar-refractivity contribution >= 4 is 80.9 Å². The van der Waals surface area contributed by atoms with Crippen LogP contribution in [0.1, 0.15) is 360 Å². The molecule has 29 heteroatoms. The summed E-state index contributed by atoms with van der Waals surface area (Å²) < 4.78 is 0. The molecule has 4 aliphatic carbocycles. The Balaban J connectivity index is -0.000000169. The molecule has 8 atom stereocenters. The normalized spacial score (nSPS) is 15.8. The lowest BCUT2D eigenvalue weighted by molar-refractivity contribution is -0.125. The Kier molecular flexibility index (Phi) is 87.9. The molecular formula is C114H217N15O14. The summed E-state index contributed by atoms with van der Waals surface area (Å²) in [5.74, 6) is 3.96. The monoisotopic (exact) mass is 2020 g/mol. The first-order chi connectivity index (χ1) is 64.1. The van der Waals surface area contributed by atoms with Crippen LogP contribution in [0.4, 0.5) is 0 Å². The summed E-state index contributed by atoms with van der Waals surface area (Å²) in [5, 5.41) is 54.0. The van der Waals surface area contributed by atoms with Gasteiger partial charge in [0.15, 0.2) is 11.7 Å². The Bertz CT molecular complexity index is 4060. The number of carbonyl (C=O) groups excluding carboxylic acids is 12. The van der Waals surface area contributed by atoms with E-state index in [9.17, 15) is 57.5 Å². The van der Waals surface area contributed by atoms with Crippen LogP contribution in [-0.4, -0.2) is 251 Å². The lowest BCUT2D eigenvalue weighted by Gasteiger charge is -2.34. The summed E-state index contributed by atoms with van der Waals surface area (Å²) in [7, 11) is 21.8. The van der Waals surface area contributed by atoms with Gasteiger partial charge in [0, 0.05) is 6.54 Å². The molecule has 29 nitrogen and oxygen atoms in total. The third-order valence-corrected chi connectivity index (χ3v) is 27.7. The zero-order chi connectivity index (χ0) is 108. The molecule has 832 valence electrons. The lowest BCUT2D eigenvalue weighted by Crippen LogP contribution is -2.50. The van der Waals surface area contributed by atoms with Crippen LogP contribution < -0.4 is 75.3 Å². The molecule has 0 saturated heterocycles. The van der Waals surface area contributed by atoms with Crippen LogP contribution in [0.2, 0.25) is 0 Å². The topological polar surface area (TPSA) is 454 Å². The van der Waals surface area contributed by atoms with Crippen molar-refractivity contribution in [2.45, 2.75) is 425 Å². The van der Waals surface area contributed by atoms with E-state index < -0.39 is 22.2 Å². The molecule has 0 spiro atoms. The number of likely N-dealkylation sites (N-methyl/N-ethyl adjacent to an activating group) is 12. The standard InChI is InChI=1S/C15H19NO.C12H17NO2.C12H17NO.C9H20N4O.C9H17NO.2C9H19NO.C8H15NO.C8H17NO.C6H13NO2.C6H11NO.C6H13NO.5CH4/c1-11(17)15(2,16-3)10-13-9-8-12-6-4-5-7-14(12)13;1-9(14)12(13-2)8-5-10-3-6-11(15)7-4-10;1-10(14)12(2,13-3)9-11-7-5-4-6-8-11;1-7(14)9(2,12-3)5-4-6-13-8(10)11;1-8(11)9(10-2)6-4-3-5-7-9;1-7(2)6-9(4,10-5)8(3)11;1-7(2)5-6-9(10-4)8(3)11;1-7(10)8(9-2)5-3-4-6-8;1-4-5-6-8(9-3)7(2)10;1-5(9)6(2,4-8)7-3;1-5(8)6(7-2)3-4-6;1-5(8)6(2,3)7-4;;;;;/h4-7,9,16H,8,10H2,1-3H3;3-4,6-7,12-13,15H,5,8H2,1-2H3;4-8,13H,9H2,1-3H3;12H,4-6H2,1-3H3,(H4,10,11,13);10H,3-7H2,1-2H3;7,10H,6H2,1-5H3;7,9-10H,5-6H2,1-4H3;9H,3-6H2,1-2H3;8-9H,4-6H2,1-3H3;7-8H,4H2,1-3H3;7H,3-4H2,1-2H3;7H,1-4H3;5*1H4/t15-;2*12-;9-;;2*9-;;8-;6-;;;;;;;/m0000.00.00......./s1. The molecule has 0 unspecified atom stereocenters. The van der Waals surface area contributed by atoms with Gasteiger partial charge in [0.05, 0.1) is 74.6 Å². The van der Waals surface area contributed by atoms with Gasteiger partial charge in [-0.1, -0.05) is 190 Å². The number of unbranched alkanes of at least 4 members (excludes halogenated alkanes) is 1. The minimum Gasteiger partial charge on any atom is -0.508 e. The molecule has 3 aromatic carbocycles. The summed E-state index contributed by atoms with van der Waals surface area (Å²) >= 11 is 0. The molecule has 0 aliphatic heterocycles. The van der Waals surface area contributed by atoms with Crippen LogP contribution in [0.25, 0.3) is 5.57 Å². The number of phenols is 1. The van der Waals surface area contributed by atoms with Crippen molar-refractivity contribution in [2.75, 3.05) is 97.7 Å². The number of guanidine groups is 1. The first-order valence-corrected chi connectivity index (χ1v) is 49.7. The maximum atomic E-state index is 11.7. The maximum Gasteiger partial charge on any atom is 0.185 e. The number of aromatic hydroxyl groups is 1. The van der Waals surface area contributed by atoms with E-state index in [1.807, 2.05) is 140 Å². The third-order valence-electron chi connectivity index (χ3n) is 27.7. The number of allylic oxidation sites excluding steroid dienone is 1. The number of hydrogen-bond acceptors (Lipinski definition) is 27. The number of phenolic OH excluding ortho intramolecular Hbond substituents is 1. The van der Waals surface area contributed by atoms with Gasteiger partial charge < -0.3 is 85.5 Å². The van der Waals surface area contributed by atoms with Gasteiger partial charge >= 0.3 is 0 Å². The van der Waals surface area contributed by atoms with E-state index in [2.05, 4.69) is 134 Å². The number of ketones is 12. The fourth-order valence-corrected chi connectivity index (χ4v) is 14.7. The number of aryl methyl sites for hydroxylation is 1. The first kappa shape index (κ1) is 155. The molecule has 4 aliphatic rings. The van der Waals surface area contributed by atoms with E-state index in [4.69, 9.17) is 21.7 Å². The van der Waals surface area contributed by atoms with Crippen molar-refractivity contribution in [3.05, 3.63) is 107 Å². The van der Waals surface area contributed by atoms with E-state index in [0.717, 1.165) is 128 Å². The van der Waals surface area contributed by atoms with Gasteiger partial charge in [0.25, 0.3) is 0 Å². The van der Waals surface area contributed by atoms with Crippen LogP contribution in [0.15, 0.2) is 89.9 Å². The van der Waals surface area contributed by atoms with Gasteiger partial charge in [0.1, 0.15) is 69.4 Å². The molecule has 18 N–H and O–H groups in total. The van der Waals surface area contributed by atoms with Crippen molar-refractivity contribution in [3.8, 4) is 5.75 Å². The van der Waals surface area contributed by atoms with E-state index >= 15 is 0 Å². The number of aliphatic imine (C=N–C) groups is 1. The van der Waals surface area contributed by atoms with Gasteiger partial charge in [-0.05, 0) is 377 Å². The van der Waals surface area contributed by atoms with Gasteiger partial charge in [-0.15, -0.1) is 0 Å². The Morgan fingerprint density at radius 1 is 0.399 bits per heavy atom. The van der Waals surface area contributed by atoms with Gasteiger partial charge in [-0.25, -0.2) is 0 Å². The van der Waals surface area contributed by atoms with Crippen molar-refractivity contribution < 1.29 is 67.7 Å². The van der Waals surface area contributed by atoms with E-state index in [1.54, 1.807) is 123 Å². The Morgan fingerprint density at radius 2 is 0.762 bits per heavy atom. The first-order valence-electron chi connectivity index (χ1n) is 49.7. The quantitative estimate of drug-likeness (QED) is 0.0142. The zero-order valence-electron chi connectivity index (χ0n) is 92.7. The fraction of sp³-hybridized carbons (Fsp3) is 0.711. The molecule has 143 heavy (non-hydrogen) atoms. The second-order valence-electron chi connectivity index (χ2n) is 39.3. The molecule has 3 fully saturated rings. The lowest BCUT2D eigenvalue weighted by atomic mass is 9.79. The van der Waals surface area contributed by atoms with Crippen molar-refractivity contribution in [3.63, 3.8) is 0 Å². The van der Waals surface area contributed by atoms with Gasteiger partial charge in [-0.2, -0.15) is 0 Å². The number of fused-ring (bicyclic) bond motifs is 1. The van der Waals surface area contributed by atoms with Crippen LogP contribution in [0.3, 0.4) is 0 Å². The smallest absolute Gasteiger partial charge is 0.185 e. The van der Waals surface area contributed by atoms with E-state index in [0.29, 0.717) is 29.9 Å². The van der Waals surface area contributed by atoms with E-state index in [1.165, 1.54) is 61.3 Å². The molecular weight excluding hydrogens is 1800 g/mol. The number of aliphatic hydroxyl groups excluding tert-OH is 1. The number of carbonyl (C=O) groups is 12. The molecule has 0 heterocycles. The summed E-state index contributed by atoms with van der Waals surface area (Å²) in [6.45, 7) is 43.7. The molecule has 0 amide bonds. The largest absolute Gasteiger partial charge is 0.508 e. The zero-order valence-corrected chi connectivity index (χ0v) is 92.7. The van der Waals surface area contributed by atoms with Crippen LogP contribution in [0.5, 0.6) is 5.75 Å². The number of hydrogen-bond donors (Lipinski definition) is 16. The van der Waals surface area contributed by atoms with Crippen LogP contribution in [-0.2, 0) is 76.8 Å². The summed E-state index contributed by atoms with van der Waals surface area (Å²) in [5.41, 5.74) is 13.4. The highest BCUT2D eigenvalue weighted by atomic mass is 16.3. The minimum absolute atomic E-state index is 0. The number of rotatable bonds is 44. The highest BCUT2D eigenvalue weighted by molar-refractivity contribution is 5.91. The van der Waals surface area contributed by atoms with Gasteiger partial charge in [-0.3, -0.25) is 62.5 Å². The minimum atomic E-state index is -0.750. The van der Waals surface area contributed by atoms with Crippen LogP contribution >= 0.6 is 0 Å². The average molecular weight is 2020 g/mol. The Hall–Kier alpha value is -8.01. The number of nitrogens with two attached hydrogens (primary N) is 2. The predicted molar refractivity (Wildman–Crippen MR) is 606 cm³/mol. The average Bonchev–Trinajstić information content (AvgIpc) is 1.60. The number of Topliss-reactive ketones (excluding diaryl/α,β-unsaturated/α-hetero) is 12.